The fraction of sp³-hybridized carbons (Fsp3) is 0.265. The van der Waals surface area contributed by atoms with E-state index >= 15 is 0 Å². The van der Waals surface area contributed by atoms with Crippen LogP contribution in [0.1, 0.15) is 188 Å². The van der Waals surface area contributed by atoms with Crippen LogP contribution in [0, 0.1) is 92.5 Å². The molecule has 139 heavy (non-hydrogen) atoms. The molecule has 15 rings (SSSR count). The fourth-order valence-corrected chi connectivity index (χ4v) is 13.2. The number of nitrogens with zero attached hydrogens (tertiary/aromatic N) is 6. The Morgan fingerprint density at radius 2 is 0.892 bits per heavy atom. The number of ether oxygens (including phenoxy) is 1. The Morgan fingerprint density at radius 3 is 1.36 bits per heavy atom. The summed E-state index contributed by atoms with van der Waals surface area (Å²) in [7, 11) is 1.50. The van der Waals surface area contributed by atoms with Crippen LogP contribution in [0.4, 0.5) is 8.78 Å². The molecule has 0 bridgehead atoms. The van der Waals surface area contributed by atoms with Gasteiger partial charge in [-0.05, 0) is 158 Å². The number of pyridine rings is 6. The van der Waals surface area contributed by atoms with Crippen molar-refractivity contribution in [1.29, 1.82) is 0 Å². The molecule has 0 N–H and O–H groups in total. The van der Waals surface area contributed by atoms with Crippen molar-refractivity contribution in [3.05, 3.63) is 348 Å². The summed E-state index contributed by atoms with van der Waals surface area (Å²) in [5.41, 5.74) is 19.6. The van der Waals surface area contributed by atoms with Crippen molar-refractivity contribution in [3.8, 4) is 62.0 Å². The zero-order chi connectivity index (χ0) is 98.8. The molecule has 0 saturated carbocycles. The molecule has 5 radical (unpaired) electrons. The molecule has 6 heterocycles. The van der Waals surface area contributed by atoms with E-state index in [-0.39, 0.29) is 178 Å². The molecule has 739 valence electrons. The number of halogens is 2. The molecule has 6 aromatic heterocycles. The van der Waals surface area contributed by atoms with Gasteiger partial charge in [0.1, 0.15) is 52.0 Å². The van der Waals surface area contributed by atoms with E-state index in [4.69, 9.17) is 14.7 Å². The van der Waals surface area contributed by atoms with Gasteiger partial charge in [0.25, 0.3) is 0 Å². The Kier molecular flexibility index (Phi) is 58.3. The Hall–Kier alpha value is -11.1. The Balaban J connectivity index is 0.000000785. The SMILES string of the molecule is CC(=O)CC(C)=O.CC(=O)CC(C)=O.CC(=O)CC(C)=O.CC(C)(C)C(=O)CC(=O)C(C)(C)C.COc1ccnc(-c2[c-]cc(F)cc2F)c1.C[C-]=Cc1ccc2ccccc2n1.Cc1[c-]c(-c2ccc3c(C(C)C)cccc3n2)cc(C)c1.Cc1[c-]c(-c2ccc3c(CC(C)C)cccc3n2)cc(C)c1.[Ir].[Ir].[Ir].[Ir].[Ir].[c-]1ccccc1-c1ccccn1.[c-]1ccccc1-c1nccc2ccccc12. The van der Waals surface area contributed by atoms with Gasteiger partial charge in [-0.3, -0.25) is 63.2 Å². The third kappa shape index (κ3) is 45.8. The van der Waals surface area contributed by atoms with E-state index < -0.39 is 22.5 Å². The van der Waals surface area contributed by atoms with Gasteiger partial charge in [0, 0.05) is 158 Å². The average molecular weight is 2760 g/mol. The molecular formula is C117H122F2Ir5N6O9-6. The third-order valence-corrected chi connectivity index (χ3v) is 19.5. The summed E-state index contributed by atoms with van der Waals surface area (Å²) in [4.78, 5) is 110. The van der Waals surface area contributed by atoms with Crippen molar-refractivity contribution in [1.82, 2.24) is 29.9 Å². The normalized spacial score (nSPS) is 10.2. The zero-order valence-corrected chi connectivity index (χ0v) is 94.8. The molecule has 0 aliphatic heterocycles. The van der Waals surface area contributed by atoms with Gasteiger partial charge in [-0.2, -0.15) is 0 Å². The van der Waals surface area contributed by atoms with E-state index in [0.29, 0.717) is 23.3 Å². The smallest absolute Gasteiger partial charge is 0.145 e. The second-order valence-corrected chi connectivity index (χ2v) is 34.9. The molecule has 0 unspecified atom stereocenters. The van der Waals surface area contributed by atoms with E-state index in [1.807, 2.05) is 170 Å². The molecule has 0 aliphatic rings. The van der Waals surface area contributed by atoms with Crippen LogP contribution in [-0.2, 0) is 145 Å². The van der Waals surface area contributed by atoms with Gasteiger partial charge in [0.05, 0.1) is 43.8 Å². The van der Waals surface area contributed by atoms with Gasteiger partial charge in [-0.1, -0.05) is 223 Å². The van der Waals surface area contributed by atoms with E-state index in [0.717, 1.165) is 97.0 Å². The van der Waals surface area contributed by atoms with Crippen molar-refractivity contribution < 1.29 is 152 Å². The number of benzene rings is 9. The van der Waals surface area contributed by atoms with Gasteiger partial charge >= 0.3 is 0 Å². The first-order chi connectivity index (χ1) is 63.5. The standard InChI is InChI=1S/C21H22N.C20H20N.C15H10N.C12H8F2NO.C12H10N.C11H8N.C11H20O2.3C5H8O2.5Ir/c1-14(2)10-17-6-5-7-21-19(17)8-9-20(22-21)18-12-15(3)11-16(4)13-18;1-13(2)17-6-5-7-20-18(17)8-9-19(21-20)16-11-14(3)10-15(4)12-16;1-2-7-13(8-3-1)15-14-9-5-4-6-12(14)10-11-16-15;1-16-9-4-5-15-12(7-9)10-3-2-8(13)6-11(10)14;1-2-5-11-9-8-10-6-3-4-7-12(10)13-11;1-2-6-10(7-3-1)11-8-4-5-9-12-11;1-10(2,3)8(12)7-9(13)11(4,5)6;3*1-4(6)3-5(2)7;;;;;/h5-9,11-12,14H,10H2,1-4H3;5-11,13H,1-4H3;1-7,9-11H;2,4-7H,1H3;3-9H,1H3;1-6,8-9H;7H2,1-6H3;3*3H2,1-2H3;;;;;/q6*-1;;;;;;;;;. The third-order valence-electron chi connectivity index (χ3n) is 19.5. The van der Waals surface area contributed by atoms with Gasteiger partial charge in [0.2, 0.25) is 0 Å². The van der Waals surface area contributed by atoms with Crippen molar-refractivity contribution in [2.75, 3.05) is 7.11 Å². The van der Waals surface area contributed by atoms with Gasteiger partial charge in [-0.15, -0.1) is 167 Å². The summed E-state index contributed by atoms with van der Waals surface area (Å²) >= 11 is 0. The maximum atomic E-state index is 13.4. The average Bonchev–Trinajstić information content (AvgIpc) is 0.630. The Bertz CT molecular complexity index is 6280. The number of hydrogen-bond acceptors (Lipinski definition) is 15. The molecule has 0 amide bonds. The Morgan fingerprint density at radius 1 is 0.417 bits per heavy atom. The Labute approximate surface area is 888 Å². The van der Waals surface area contributed by atoms with Gasteiger partial charge in [-0.25, -0.2) is 6.08 Å². The topological polar surface area (TPSA) is 223 Å². The first kappa shape index (κ1) is 126. The molecule has 15 aromatic rings. The molecule has 9 aromatic carbocycles. The number of fused-ring (bicyclic) bond motifs is 4. The van der Waals surface area contributed by atoms with Crippen LogP contribution in [0.2, 0.25) is 0 Å². The maximum absolute atomic E-state index is 13.4. The maximum Gasteiger partial charge on any atom is 0.145 e. The fourth-order valence-electron chi connectivity index (χ4n) is 13.2. The van der Waals surface area contributed by atoms with Crippen LogP contribution in [-0.4, -0.2) is 83.3 Å². The first-order valence-corrected chi connectivity index (χ1v) is 44.3. The number of Topliss-reactive ketones (excluding diaryl/α,β-unsaturated/α-hetero) is 8. The molecule has 0 atom stereocenters. The predicted octanol–water partition coefficient (Wildman–Crippen LogP) is 27.4. The predicted molar refractivity (Wildman–Crippen MR) is 540 cm³/mol. The minimum Gasteiger partial charge on any atom is -0.497 e. The van der Waals surface area contributed by atoms with Crippen molar-refractivity contribution >= 4 is 95.8 Å². The van der Waals surface area contributed by atoms with Crippen LogP contribution >= 0.6 is 0 Å². The number of aryl methyl sites for hydroxylation is 4. The largest absolute Gasteiger partial charge is 0.497 e. The summed E-state index contributed by atoms with van der Waals surface area (Å²) in [6.07, 6.45) is 11.4. The number of rotatable bonds is 18. The number of methoxy groups -OCH3 is 1. The summed E-state index contributed by atoms with van der Waals surface area (Å²) in [6.45, 7) is 38.7. The number of ketones is 8. The molecular weight excluding hydrogens is 2630 g/mol. The number of allylic oxidation sites excluding steroid dienone is 1. The molecule has 0 aliphatic carbocycles. The van der Waals surface area contributed by atoms with E-state index in [9.17, 15) is 47.1 Å². The van der Waals surface area contributed by atoms with Crippen molar-refractivity contribution in [2.45, 2.75) is 183 Å². The van der Waals surface area contributed by atoms with Crippen molar-refractivity contribution in [3.63, 3.8) is 0 Å². The van der Waals surface area contributed by atoms with E-state index in [2.05, 4.69) is 221 Å². The van der Waals surface area contributed by atoms with E-state index in [1.54, 1.807) is 18.3 Å². The van der Waals surface area contributed by atoms with Gasteiger partial charge < -0.3 is 24.7 Å². The minimum atomic E-state index is -0.694. The molecule has 0 fully saturated rings. The molecule has 15 nitrogen and oxygen atoms in total. The minimum absolute atomic E-state index is 0. The second-order valence-electron chi connectivity index (χ2n) is 34.9. The number of para-hydroxylation sites is 1. The second kappa shape index (κ2) is 64.3. The van der Waals surface area contributed by atoms with Gasteiger partial charge in [0.15, 0.2) is 0 Å². The molecule has 0 saturated heterocycles. The number of hydrogen-bond donors (Lipinski definition) is 0. The summed E-state index contributed by atoms with van der Waals surface area (Å²) < 4.78 is 31.1. The summed E-state index contributed by atoms with van der Waals surface area (Å²) in [6, 6.07) is 94.9. The zero-order valence-electron chi connectivity index (χ0n) is 82.9. The van der Waals surface area contributed by atoms with Crippen LogP contribution < -0.4 is 4.74 Å². The number of aromatic nitrogens is 6. The molecule has 0 spiro atoms. The van der Waals surface area contributed by atoms with Crippen LogP contribution in [0.5, 0.6) is 5.75 Å². The summed E-state index contributed by atoms with van der Waals surface area (Å²) in [5.74, 6) is 0.0269. The molecule has 22 heteroatoms. The van der Waals surface area contributed by atoms with Crippen molar-refractivity contribution in [2.24, 2.45) is 16.7 Å². The van der Waals surface area contributed by atoms with Crippen LogP contribution in [0.25, 0.3) is 106 Å². The number of carbonyl (C=O) groups is 8. The van der Waals surface area contributed by atoms with Crippen LogP contribution in [0.15, 0.2) is 261 Å². The number of carbonyl (C=O) groups excluding carboxylic acids is 8. The quantitative estimate of drug-likeness (QED) is 0.0575. The first-order valence-electron chi connectivity index (χ1n) is 44.3. The summed E-state index contributed by atoms with van der Waals surface area (Å²) in [5, 5.41) is 6.08. The van der Waals surface area contributed by atoms with Crippen LogP contribution in [0.3, 0.4) is 0 Å². The van der Waals surface area contributed by atoms with E-state index in [1.165, 1.54) is 104 Å². The monoisotopic (exact) mass is 2760 g/mol.